The van der Waals surface area contributed by atoms with Crippen LogP contribution in [0.25, 0.3) is 0 Å². The van der Waals surface area contributed by atoms with Gasteiger partial charge in [0.2, 0.25) is 5.91 Å². The van der Waals surface area contributed by atoms with Crippen molar-refractivity contribution in [2.75, 3.05) is 14.2 Å². The molecule has 0 radical (unpaired) electrons. The molecule has 2 N–H and O–H groups in total. The number of ether oxygens (including phenoxy) is 1. The molecule has 4 heteroatoms. The summed E-state index contributed by atoms with van der Waals surface area (Å²) in [6, 6.07) is 17.1. The highest BCUT2D eigenvalue weighted by Gasteiger charge is 2.15. The fourth-order valence-electron chi connectivity index (χ4n) is 2.29. The van der Waals surface area contributed by atoms with Gasteiger partial charge in [-0.2, -0.15) is 0 Å². The second-order valence-corrected chi connectivity index (χ2v) is 5.32. The van der Waals surface area contributed by atoms with Crippen molar-refractivity contribution in [1.82, 2.24) is 4.90 Å². The van der Waals surface area contributed by atoms with Crippen molar-refractivity contribution >= 4 is 5.91 Å². The lowest BCUT2D eigenvalue weighted by atomic mass is 10.0. The quantitative estimate of drug-likeness (QED) is 0.892. The Morgan fingerprint density at radius 1 is 1.18 bits per heavy atom. The number of amides is 1. The van der Waals surface area contributed by atoms with Gasteiger partial charge in [-0.05, 0) is 23.3 Å². The van der Waals surface area contributed by atoms with E-state index in [9.17, 15) is 4.79 Å². The Labute approximate surface area is 131 Å². The molecule has 0 heterocycles. The van der Waals surface area contributed by atoms with Gasteiger partial charge in [0, 0.05) is 26.1 Å². The zero-order chi connectivity index (χ0) is 15.9. The third kappa shape index (κ3) is 4.33. The molecule has 116 valence electrons. The molecule has 2 rings (SSSR count). The normalized spacial score (nSPS) is 11.8. The molecule has 1 atom stereocenters. The molecule has 4 nitrogen and oxygen atoms in total. The van der Waals surface area contributed by atoms with Gasteiger partial charge in [0.05, 0.1) is 7.11 Å². The second kappa shape index (κ2) is 7.61. The summed E-state index contributed by atoms with van der Waals surface area (Å²) in [7, 11) is 3.42. The van der Waals surface area contributed by atoms with Crippen LogP contribution in [0.1, 0.15) is 23.6 Å². The summed E-state index contributed by atoms with van der Waals surface area (Å²) >= 11 is 0. The zero-order valence-corrected chi connectivity index (χ0v) is 13.0. The molecular weight excluding hydrogens is 276 g/mol. The van der Waals surface area contributed by atoms with Crippen molar-refractivity contribution in [3.63, 3.8) is 0 Å². The third-order valence-corrected chi connectivity index (χ3v) is 3.60. The van der Waals surface area contributed by atoms with Gasteiger partial charge in [-0.15, -0.1) is 0 Å². The number of carbonyl (C=O) groups is 1. The summed E-state index contributed by atoms with van der Waals surface area (Å²) in [5.74, 6) is 0.818. The van der Waals surface area contributed by atoms with E-state index in [1.54, 1.807) is 19.1 Å². The molecule has 0 aliphatic rings. The number of hydrogen-bond acceptors (Lipinski definition) is 3. The number of nitrogens with two attached hydrogens (primary N) is 1. The Balaban J connectivity index is 1.94. The largest absolute Gasteiger partial charge is 0.497 e. The lowest BCUT2D eigenvalue weighted by Crippen LogP contribution is -2.29. The minimum atomic E-state index is -0.276. The van der Waals surface area contributed by atoms with Crippen LogP contribution in [0.5, 0.6) is 5.75 Å². The summed E-state index contributed by atoms with van der Waals surface area (Å²) < 4.78 is 5.20. The van der Waals surface area contributed by atoms with E-state index in [1.165, 1.54) is 0 Å². The van der Waals surface area contributed by atoms with Gasteiger partial charge in [0.1, 0.15) is 5.75 Å². The van der Waals surface area contributed by atoms with Crippen LogP contribution in [0.15, 0.2) is 54.6 Å². The maximum atomic E-state index is 12.3. The molecule has 0 aromatic heterocycles. The van der Waals surface area contributed by atoms with Crippen LogP contribution >= 0.6 is 0 Å². The average molecular weight is 298 g/mol. The van der Waals surface area contributed by atoms with Crippen molar-refractivity contribution in [1.29, 1.82) is 0 Å². The summed E-state index contributed by atoms with van der Waals surface area (Å²) in [6.07, 6.45) is 0.296. The first-order valence-electron chi connectivity index (χ1n) is 7.27. The number of hydrogen-bond donors (Lipinski definition) is 1. The molecule has 0 bridgehead atoms. The summed E-state index contributed by atoms with van der Waals surface area (Å²) in [5, 5.41) is 0. The maximum Gasteiger partial charge on any atom is 0.224 e. The van der Waals surface area contributed by atoms with Crippen LogP contribution in [0.4, 0.5) is 0 Å². The van der Waals surface area contributed by atoms with Crippen molar-refractivity contribution in [3.8, 4) is 5.75 Å². The molecule has 1 unspecified atom stereocenters. The van der Waals surface area contributed by atoms with Crippen LogP contribution in [-0.2, 0) is 11.3 Å². The van der Waals surface area contributed by atoms with Crippen molar-refractivity contribution < 1.29 is 9.53 Å². The van der Waals surface area contributed by atoms with Gasteiger partial charge < -0.3 is 15.4 Å². The van der Waals surface area contributed by atoms with E-state index in [-0.39, 0.29) is 11.9 Å². The van der Waals surface area contributed by atoms with Crippen LogP contribution in [0, 0.1) is 0 Å². The van der Waals surface area contributed by atoms with E-state index < -0.39 is 0 Å². The third-order valence-electron chi connectivity index (χ3n) is 3.60. The van der Waals surface area contributed by atoms with Crippen LogP contribution < -0.4 is 10.5 Å². The molecule has 2 aromatic rings. The predicted octanol–water partition coefficient (Wildman–Crippen LogP) is 2.74. The monoisotopic (exact) mass is 298 g/mol. The predicted molar refractivity (Wildman–Crippen MR) is 87.5 cm³/mol. The highest BCUT2D eigenvalue weighted by Crippen LogP contribution is 2.17. The molecule has 0 saturated carbocycles. The number of benzene rings is 2. The van der Waals surface area contributed by atoms with Crippen LogP contribution in [0.3, 0.4) is 0 Å². The van der Waals surface area contributed by atoms with E-state index in [4.69, 9.17) is 10.5 Å². The molecule has 0 aliphatic carbocycles. The number of nitrogens with zero attached hydrogens (tertiary/aromatic N) is 1. The SMILES string of the molecule is COc1cccc(CN(C)C(=O)CC(N)c2ccccc2)c1. The Morgan fingerprint density at radius 2 is 1.91 bits per heavy atom. The minimum absolute atomic E-state index is 0.0270. The van der Waals surface area contributed by atoms with Crippen molar-refractivity contribution in [2.24, 2.45) is 5.73 Å². The first kappa shape index (κ1) is 16.0. The van der Waals surface area contributed by atoms with E-state index >= 15 is 0 Å². The van der Waals surface area contributed by atoms with Crippen LogP contribution in [0.2, 0.25) is 0 Å². The molecule has 0 fully saturated rings. The fourth-order valence-corrected chi connectivity index (χ4v) is 2.29. The maximum absolute atomic E-state index is 12.3. The first-order valence-corrected chi connectivity index (χ1v) is 7.27. The topological polar surface area (TPSA) is 55.6 Å². The molecule has 1 amide bonds. The first-order chi connectivity index (χ1) is 10.6. The van der Waals surface area contributed by atoms with E-state index in [0.717, 1.165) is 16.9 Å². The van der Waals surface area contributed by atoms with Gasteiger partial charge in [-0.1, -0.05) is 42.5 Å². The lowest BCUT2D eigenvalue weighted by Gasteiger charge is -2.20. The van der Waals surface area contributed by atoms with E-state index in [2.05, 4.69) is 0 Å². The fraction of sp³-hybridized carbons (Fsp3) is 0.278. The highest BCUT2D eigenvalue weighted by atomic mass is 16.5. The standard InChI is InChI=1S/C18H22N2O2/c1-20(13-14-7-6-10-16(11-14)22-2)18(21)12-17(19)15-8-4-3-5-9-15/h3-11,17H,12-13,19H2,1-2H3. The van der Waals surface area contributed by atoms with Gasteiger partial charge >= 0.3 is 0 Å². The summed E-state index contributed by atoms with van der Waals surface area (Å²) in [6.45, 7) is 0.539. The lowest BCUT2D eigenvalue weighted by molar-refractivity contribution is -0.130. The number of rotatable bonds is 6. The van der Waals surface area contributed by atoms with Crippen molar-refractivity contribution in [3.05, 3.63) is 65.7 Å². The Morgan fingerprint density at radius 3 is 2.59 bits per heavy atom. The zero-order valence-electron chi connectivity index (χ0n) is 13.0. The average Bonchev–Trinajstić information content (AvgIpc) is 2.55. The van der Waals surface area contributed by atoms with Crippen molar-refractivity contribution in [2.45, 2.75) is 19.0 Å². The van der Waals surface area contributed by atoms with Gasteiger partial charge in [-0.25, -0.2) is 0 Å². The second-order valence-electron chi connectivity index (χ2n) is 5.32. The number of methoxy groups -OCH3 is 1. The number of carbonyl (C=O) groups excluding carboxylic acids is 1. The summed E-state index contributed by atoms with van der Waals surface area (Å²) in [4.78, 5) is 14.0. The Hall–Kier alpha value is -2.33. The van der Waals surface area contributed by atoms with Crippen LogP contribution in [-0.4, -0.2) is 25.0 Å². The molecule has 0 saturated heterocycles. The molecule has 2 aromatic carbocycles. The van der Waals surface area contributed by atoms with E-state index in [1.807, 2.05) is 54.6 Å². The molecule has 22 heavy (non-hydrogen) atoms. The highest BCUT2D eigenvalue weighted by molar-refractivity contribution is 5.76. The Kier molecular flexibility index (Phi) is 5.55. The smallest absolute Gasteiger partial charge is 0.224 e. The summed E-state index contributed by atoms with van der Waals surface area (Å²) in [5.41, 5.74) is 8.11. The molecule has 0 aliphatic heterocycles. The minimum Gasteiger partial charge on any atom is -0.497 e. The van der Waals surface area contributed by atoms with Gasteiger partial charge in [0.15, 0.2) is 0 Å². The van der Waals surface area contributed by atoms with Gasteiger partial charge in [-0.3, -0.25) is 4.79 Å². The Bertz CT molecular complexity index is 613. The van der Waals surface area contributed by atoms with E-state index in [0.29, 0.717) is 13.0 Å². The molecular formula is C18H22N2O2. The molecule has 0 spiro atoms. The van der Waals surface area contributed by atoms with Gasteiger partial charge in [0.25, 0.3) is 0 Å².